The van der Waals surface area contributed by atoms with E-state index in [1.807, 2.05) is 10.6 Å². The van der Waals surface area contributed by atoms with Crippen molar-refractivity contribution in [1.82, 2.24) is 9.38 Å². The van der Waals surface area contributed by atoms with E-state index in [-0.39, 0.29) is 0 Å². The minimum atomic E-state index is 0.479. The molecule has 0 radical (unpaired) electrons. The van der Waals surface area contributed by atoms with Crippen molar-refractivity contribution in [3.05, 3.63) is 34.7 Å². The molecular formula is C7H4Cl2N2. The van der Waals surface area contributed by atoms with Crippen molar-refractivity contribution in [3.8, 4) is 0 Å². The Morgan fingerprint density at radius 3 is 3.00 bits per heavy atom. The summed E-state index contributed by atoms with van der Waals surface area (Å²) >= 11 is 11.4. The second-order valence-electron chi connectivity index (χ2n) is 2.17. The van der Waals surface area contributed by atoms with Crippen molar-refractivity contribution < 1.29 is 0 Å². The molecule has 4 heteroatoms. The Bertz CT molecular complexity index is 394. The van der Waals surface area contributed by atoms with Crippen LogP contribution in [-0.2, 0) is 0 Å². The number of hydrogen-bond donors (Lipinski definition) is 0. The van der Waals surface area contributed by atoms with Crippen LogP contribution in [-0.4, -0.2) is 9.38 Å². The molecular weight excluding hydrogens is 183 g/mol. The molecule has 0 aliphatic rings. The van der Waals surface area contributed by atoms with Crippen LogP contribution < -0.4 is 0 Å². The lowest BCUT2D eigenvalue weighted by atomic mass is 10.5. The predicted octanol–water partition coefficient (Wildman–Crippen LogP) is 2.64. The Hall–Kier alpha value is -0.730. The van der Waals surface area contributed by atoms with Gasteiger partial charge in [-0.2, -0.15) is 0 Å². The smallest absolute Gasteiger partial charge is 0.148 e. The van der Waals surface area contributed by atoms with Crippen molar-refractivity contribution in [3.63, 3.8) is 0 Å². The van der Waals surface area contributed by atoms with Crippen molar-refractivity contribution >= 4 is 28.8 Å². The third-order valence-electron chi connectivity index (χ3n) is 1.39. The van der Waals surface area contributed by atoms with Crippen LogP contribution in [0.4, 0.5) is 0 Å². The van der Waals surface area contributed by atoms with Crippen LogP contribution in [0.1, 0.15) is 0 Å². The monoisotopic (exact) mass is 186 g/mol. The van der Waals surface area contributed by atoms with Crippen LogP contribution in [0.15, 0.2) is 24.5 Å². The second kappa shape index (κ2) is 2.40. The molecule has 2 aromatic rings. The molecule has 2 aromatic heterocycles. The first-order valence-corrected chi connectivity index (χ1v) is 3.81. The lowest BCUT2D eigenvalue weighted by Crippen LogP contribution is -1.79. The Kier molecular flexibility index (Phi) is 1.51. The highest BCUT2D eigenvalue weighted by molar-refractivity contribution is 6.31. The Morgan fingerprint density at radius 2 is 2.18 bits per heavy atom. The summed E-state index contributed by atoms with van der Waals surface area (Å²) in [6, 6.07) is 3.54. The number of pyridine rings is 1. The van der Waals surface area contributed by atoms with Gasteiger partial charge in [0.15, 0.2) is 0 Å². The highest BCUT2D eigenvalue weighted by atomic mass is 35.5. The van der Waals surface area contributed by atoms with Gasteiger partial charge in [0.05, 0.1) is 0 Å². The van der Waals surface area contributed by atoms with Crippen LogP contribution >= 0.6 is 23.2 Å². The summed E-state index contributed by atoms with van der Waals surface area (Å²) < 4.78 is 1.81. The minimum absolute atomic E-state index is 0.479. The lowest BCUT2D eigenvalue weighted by molar-refractivity contribution is 1.19. The van der Waals surface area contributed by atoms with Crippen molar-refractivity contribution in [2.24, 2.45) is 0 Å². The molecule has 0 aliphatic carbocycles. The van der Waals surface area contributed by atoms with Crippen LogP contribution in [0.25, 0.3) is 5.65 Å². The zero-order valence-electron chi connectivity index (χ0n) is 5.46. The topological polar surface area (TPSA) is 17.3 Å². The van der Waals surface area contributed by atoms with Gasteiger partial charge in [0, 0.05) is 23.5 Å². The number of rotatable bonds is 0. The van der Waals surface area contributed by atoms with E-state index in [4.69, 9.17) is 23.2 Å². The maximum Gasteiger partial charge on any atom is 0.148 e. The maximum atomic E-state index is 5.73. The molecule has 56 valence electrons. The van der Waals surface area contributed by atoms with Gasteiger partial charge < -0.3 is 4.40 Å². The van der Waals surface area contributed by atoms with Gasteiger partial charge in [0.25, 0.3) is 0 Å². The average molecular weight is 187 g/mol. The fourth-order valence-corrected chi connectivity index (χ4v) is 1.27. The number of nitrogens with zero attached hydrogens (tertiary/aromatic N) is 2. The third-order valence-corrected chi connectivity index (χ3v) is 1.81. The van der Waals surface area contributed by atoms with Crippen LogP contribution in [0.3, 0.4) is 0 Å². The standard InChI is InChI=1S/C7H4Cl2N2/c8-5-1-2-11-4-6(9)10-7(11)3-5/h1-4H. The minimum Gasteiger partial charge on any atom is -0.305 e. The zero-order valence-corrected chi connectivity index (χ0v) is 6.97. The highest BCUT2D eigenvalue weighted by Gasteiger charge is 1.97. The fraction of sp³-hybridized carbons (Fsp3) is 0. The normalized spacial score (nSPS) is 10.7. The second-order valence-corrected chi connectivity index (χ2v) is 3.00. The summed E-state index contributed by atoms with van der Waals surface area (Å²) in [6.45, 7) is 0. The molecule has 0 amide bonds. The molecule has 0 saturated heterocycles. The molecule has 0 saturated carbocycles. The Labute approximate surface area is 73.4 Å². The molecule has 0 aromatic carbocycles. The Morgan fingerprint density at radius 1 is 1.36 bits per heavy atom. The summed E-state index contributed by atoms with van der Waals surface area (Å²) in [7, 11) is 0. The SMILES string of the molecule is Clc1ccn2cc(Cl)nc2c1. The quantitative estimate of drug-likeness (QED) is 0.619. The van der Waals surface area contributed by atoms with Gasteiger partial charge in [-0.3, -0.25) is 0 Å². The van der Waals surface area contributed by atoms with E-state index in [1.54, 1.807) is 18.3 Å². The van der Waals surface area contributed by atoms with Crippen LogP contribution in [0.5, 0.6) is 0 Å². The first-order valence-electron chi connectivity index (χ1n) is 3.05. The Balaban J connectivity index is 2.82. The van der Waals surface area contributed by atoms with Gasteiger partial charge in [0.1, 0.15) is 10.8 Å². The van der Waals surface area contributed by atoms with E-state index in [1.165, 1.54) is 0 Å². The lowest BCUT2D eigenvalue weighted by Gasteiger charge is -1.90. The van der Waals surface area contributed by atoms with E-state index >= 15 is 0 Å². The number of imidazole rings is 1. The molecule has 0 fully saturated rings. The number of halogens is 2. The molecule has 2 heterocycles. The van der Waals surface area contributed by atoms with E-state index in [2.05, 4.69) is 4.98 Å². The van der Waals surface area contributed by atoms with Crippen LogP contribution in [0.2, 0.25) is 10.2 Å². The van der Waals surface area contributed by atoms with Gasteiger partial charge in [-0.1, -0.05) is 23.2 Å². The molecule has 0 bridgehead atoms. The predicted molar refractivity (Wildman–Crippen MR) is 45.2 cm³/mol. The number of fused-ring (bicyclic) bond motifs is 1. The van der Waals surface area contributed by atoms with E-state index in [0.29, 0.717) is 10.2 Å². The molecule has 0 spiro atoms. The molecule has 2 rings (SSSR count). The van der Waals surface area contributed by atoms with Gasteiger partial charge >= 0.3 is 0 Å². The molecule has 0 atom stereocenters. The molecule has 0 N–H and O–H groups in total. The van der Waals surface area contributed by atoms with Gasteiger partial charge in [-0.25, -0.2) is 4.98 Å². The first kappa shape index (κ1) is 6.95. The first-order chi connectivity index (χ1) is 5.25. The fourth-order valence-electron chi connectivity index (χ4n) is 0.926. The zero-order chi connectivity index (χ0) is 7.84. The van der Waals surface area contributed by atoms with E-state index in [9.17, 15) is 0 Å². The van der Waals surface area contributed by atoms with E-state index in [0.717, 1.165) is 5.65 Å². The molecule has 11 heavy (non-hydrogen) atoms. The van der Waals surface area contributed by atoms with Crippen molar-refractivity contribution in [2.45, 2.75) is 0 Å². The van der Waals surface area contributed by atoms with Crippen molar-refractivity contribution in [1.29, 1.82) is 0 Å². The van der Waals surface area contributed by atoms with Gasteiger partial charge in [-0.05, 0) is 6.07 Å². The molecule has 0 aliphatic heterocycles. The molecule has 2 nitrogen and oxygen atoms in total. The summed E-state index contributed by atoms with van der Waals surface area (Å²) in [5.41, 5.74) is 0.766. The highest BCUT2D eigenvalue weighted by Crippen LogP contribution is 2.14. The summed E-state index contributed by atoms with van der Waals surface area (Å²) in [5.74, 6) is 0. The number of aromatic nitrogens is 2. The average Bonchev–Trinajstić information content (AvgIpc) is 2.27. The summed E-state index contributed by atoms with van der Waals surface area (Å²) in [6.07, 6.45) is 3.55. The van der Waals surface area contributed by atoms with Gasteiger partial charge in [-0.15, -0.1) is 0 Å². The van der Waals surface area contributed by atoms with Crippen molar-refractivity contribution in [2.75, 3.05) is 0 Å². The maximum absolute atomic E-state index is 5.73. The largest absolute Gasteiger partial charge is 0.305 e. The summed E-state index contributed by atoms with van der Waals surface area (Å²) in [4.78, 5) is 4.02. The molecule has 0 unspecified atom stereocenters. The summed E-state index contributed by atoms with van der Waals surface area (Å²) in [5, 5.41) is 1.15. The number of hydrogen-bond acceptors (Lipinski definition) is 1. The third kappa shape index (κ3) is 1.19. The van der Waals surface area contributed by atoms with Crippen LogP contribution in [0, 0.1) is 0 Å². The van der Waals surface area contributed by atoms with E-state index < -0.39 is 0 Å². The van der Waals surface area contributed by atoms with Gasteiger partial charge in [0.2, 0.25) is 0 Å².